The van der Waals surface area contributed by atoms with Crippen molar-refractivity contribution in [3.05, 3.63) is 48.9 Å². The maximum absolute atomic E-state index is 11.6. The van der Waals surface area contributed by atoms with E-state index in [4.69, 9.17) is 9.15 Å². The Morgan fingerprint density at radius 1 is 1.24 bits per heavy atom. The highest BCUT2D eigenvalue weighted by Gasteiger charge is 2.11. The molecule has 0 radical (unpaired) electrons. The van der Waals surface area contributed by atoms with Crippen molar-refractivity contribution >= 4 is 5.97 Å². The van der Waals surface area contributed by atoms with Crippen LogP contribution in [0.2, 0.25) is 0 Å². The molecular weight excluding hydrogens is 274 g/mol. The van der Waals surface area contributed by atoms with E-state index in [2.05, 4.69) is 20.3 Å². The van der Waals surface area contributed by atoms with Gasteiger partial charge in [-0.05, 0) is 12.1 Å². The standard InChI is InChI=1S/C13H11N5O3/c19-12(6-18-9-14-8-15-18)20-7-11-16-17-13(21-11)10-4-2-1-3-5-10/h1-5,8-9H,6-7H2. The minimum absolute atomic E-state index is 0.0142. The van der Waals surface area contributed by atoms with E-state index < -0.39 is 5.97 Å². The monoisotopic (exact) mass is 285 g/mol. The number of benzene rings is 1. The summed E-state index contributed by atoms with van der Waals surface area (Å²) in [7, 11) is 0. The van der Waals surface area contributed by atoms with Crippen LogP contribution in [0, 0.1) is 0 Å². The van der Waals surface area contributed by atoms with E-state index in [0.29, 0.717) is 5.89 Å². The van der Waals surface area contributed by atoms with Crippen molar-refractivity contribution in [2.75, 3.05) is 0 Å². The highest BCUT2D eigenvalue weighted by Crippen LogP contribution is 2.17. The molecule has 8 heteroatoms. The SMILES string of the molecule is O=C(Cn1cncn1)OCc1nnc(-c2ccccc2)o1. The molecule has 2 heterocycles. The van der Waals surface area contributed by atoms with Gasteiger partial charge in [-0.2, -0.15) is 5.10 Å². The van der Waals surface area contributed by atoms with Crippen LogP contribution in [0.5, 0.6) is 0 Å². The van der Waals surface area contributed by atoms with Crippen LogP contribution in [-0.4, -0.2) is 30.9 Å². The summed E-state index contributed by atoms with van der Waals surface area (Å²) in [6, 6.07) is 9.35. The summed E-state index contributed by atoms with van der Waals surface area (Å²) < 4.78 is 11.8. The van der Waals surface area contributed by atoms with Gasteiger partial charge in [0.1, 0.15) is 19.2 Å². The second-order valence-corrected chi connectivity index (χ2v) is 4.12. The highest BCUT2D eigenvalue weighted by atomic mass is 16.5. The number of carbonyl (C=O) groups excluding carboxylic acids is 1. The van der Waals surface area contributed by atoms with Crippen LogP contribution in [0.1, 0.15) is 5.89 Å². The maximum atomic E-state index is 11.6. The number of ether oxygens (including phenoxy) is 1. The Morgan fingerprint density at radius 2 is 2.10 bits per heavy atom. The number of carbonyl (C=O) groups is 1. The molecule has 0 atom stereocenters. The zero-order valence-electron chi connectivity index (χ0n) is 10.9. The first-order valence-corrected chi connectivity index (χ1v) is 6.17. The first kappa shape index (κ1) is 13.0. The topological polar surface area (TPSA) is 95.9 Å². The Morgan fingerprint density at radius 3 is 2.86 bits per heavy atom. The highest BCUT2D eigenvalue weighted by molar-refractivity contribution is 5.68. The summed E-state index contributed by atoms with van der Waals surface area (Å²) in [5.41, 5.74) is 0.810. The Hall–Kier alpha value is -3.03. The molecule has 0 amide bonds. The van der Waals surface area contributed by atoms with Crippen LogP contribution in [0.15, 0.2) is 47.4 Å². The fourth-order valence-corrected chi connectivity index (χ4v) is 1.64. The lowest BCUT2D eigenvalue weighted by Crippen LogP contribution is -2.13. The van der Waals surface area contributed by atoms with E-state index in [1.54, 1.807) is 0 Å². The van der Waals surface area contributed by atoms with Crippen LogP contribution in [0.25, 0.3) is 11.5 Å². The summed E-state index contributed by atoms with van der Waals surface area (Å²) in [6.07, 6.45) is 2.78. The second-order valence-electron chi connectivity index (χ2n) is 4.12. The minimum atomic E-state index is -0.458. The van der Waals surface area contributed by atoms with E-state index in [1.807, 2.05) is 30.3 Å². The molecule has 0 fully saturated rings. The average Bonchev–Trinajstić information content (AvgIpc) is 3.17. The van der Waals surface area contributed by atoms with Crippen LogP contribution < -0.4 is 0 Å². The van der Waals surface area contributed by atoms with Gasteiger partial charge in [0.05, 0.1) is 0 Å². The van der Waals surface area contributed by atoms with Crippen LogP contribution in [0.3, 0.4) is 0 Å². The van der Waals surface area contributed by atoms with Gasteiger partial charge in [-0.25, -0.2) is 9.67 Å². The maximum Gasteiger partial charge on any atom is 0.328 e. The van der Waals surface area contributed by atoms with E-state index in [9.17, 15) is 4.79 Å². The Labute approximate surface area is 119 Å². The minimum Gasteiger partial charge on any atom is -0.454 e. The molecule has 3 aromatic rings. The Kier molecular flexibility index (Phi) is 3.68. The number of hydrogen-bond acceptors (Lipinski definition) is 7. The zero-order valence-corrected chi connectivity index (χ0v) is 10.9. The number of aromatic nitrogens is 5. The van der Waals surface area contributed by atoms with Crippen molar-refractivity contribution in [3.8, 4) is 11.5 Å². The summed E-state index contributed by atoms with van der Waals surface area (Å²) in [5, 5.41) is 11.5. The molecule has 3 rings (SSSR count). The molecule has 0 N–H and O–H groups in total. The fraction of sp³-hybridized carbons (Fsp3) is 0.154. The van der Waals surface area contributed by atoms with E-state index in [0.717, 1.165) is 5.56 Å². The molecule has 0 aliphatic carbocycles. The molecule has 1 aromatic carbocycles. The lowest BCUT2D eigenvalue weighted by molar-refractivity contribution is -0.146. The van der Waals surface area contributed by atoms with Crippen molar-refractivity contribution in [2.45, 2.75) is 13.2 Å². The largest absolute Gasteiger partial charge is 0.454 e. The number of nitrogens with zero attached hydrogens (tertiary/aromatic N) is 5. The molecule has 0 saturated heterocycles. The van der Waals surface area contributed by atoms with Gasteiger partial charge < -0.3 is 9.15 Å². The van der Waals surface area contributed by atoms with Crippen molar-refractivity contribution < 1.29 is 13.9 Å². The van der Waals surface area contributed by atoms with Gasteiger partial charge in [0, 0.05) is 5.56 Å². The van der Waals surface area contributed by atoms with E-state index >= 15 is 0 Å². The van der Waals surface area contributed by atoms with Gasteiger partial charge >= 0.3 is 5.97 Å². The molecule has 21 heavy (non-hydrogen) atoms. The Bertz CT molecular complexity index is 709. The molecular formula is C13H11N5O3. The molecule has 0 bridgehead atoms. The number of esters is 1. The third-order valence-electron chi connectivity index (χ3n) is 2.60. The van der Waals surface area contributed by atoms with Crippen molar-refractivity contribution in [1.82, 2.24) is 25.0 Å². The molecule has 0 saturated carbocycles. The molecule has 2 aromatic heterocycles. The molecule has 0 spiro atoms. The first-order chi connectivity index (χ1) is 10.3. The summed E-state index contributed by atoms with van der Waals surface area (Å²) >= 11 is 0. The zero-order chi connectivity index (χ0) is 14.5. The van der Waals surface area contributed by atoms with Gasteiger partial charge in [0.15, 0.2) is 6.61 Å². The van der Waals surface area contributed by atoms with Crippen LogP contribution in [-0.2, 0) is 22.7 Å². The van der Waals surface area contributed by atoms with Gasteiger partial charge in [-0.1, -0.05) is 18.2 Å². The summed E-state index contributed by atoms with van der Waals surface area (Å²) in [4.78, 5) is 15.3. The molecule has 0 unspecified atom stereocenters. The summed E-state index contributed by atoms with van der Waals surface area (Å²) in [6.45, 7) is -0.0902. The molecule has 0 aliphatic heterocycles. The Balaban J connectivity index is 1.56. The van der Waals surface area contributed by atoms with Crippen LogP contribution in [0.4, 0.5) is 0 Å². The van der Waals surface area contributed by atoms with Gasteiger partial charge in [-0.3, -0.25) is 4.79 Å². The van der Waals surface area contributed by atoms with E-state index in [1.165, 1.54) is 17.3 Å². The van der Waals surface area contributed by atoms with Gasteiger partial charge in [0.2, 0.25) is 5.89 Å². The fourth-order valence-electron chi connectivity index (χ4n) is 1.64. The smallest absolute Gasteiger partial charge is 0.328 e. The first-order valence-electron chi connectivity index (χ1n) is 6.17. The lowest BCUT2D eigenvalue weighted by Gasteiger charge is -2.01. The number of hydrogen-bond donors (Lipinski definition) is 0. The van der Waals surface area contributed by atoms with Crippen molar-refractivity contribution in [1.29, 1.82) is 0 Å². The predicted octanol–water partition coefficient (Wildman–Crippen LogP) is 1.07. The normalized spacial score (nSPS) is 10.5. The van der Waals surface area contributed by atoms with E-state index in [-0.39, 0.29) is 19.0 Å². The third-order valence-corrected chi connectivity index (χ3v) is 2.60. The predicted molar refractivity (Wildman–Crippen MR) is 69.6 cm³/mol. The number of rotatable bonds is 5. The lowest BCUT2D eigenvalue weighted by atomic mass is 10.2. The molecule has 106 valence electrons. The van der Waals surface area contributed by atoms with Crippen molar-refractivity contribution in [2.24, 2.45) is 0 Å². The van der Waals surface area contributed by atoms with Crippen LogP contribution >= 0.6 is 0 Å². The third kappa shape index (κ3) is 3.30. The van der Waals surface area contributed by atoms with Gasteiger partial charge in [-0.15, -0.1) is 10.2 Å². The van der Waals surface area contributed by atoms with Crippen molar-refractivity contribution in [3.63, 3.8) is 0 Å². The molecule has 8 nitrogen and oxygen atoms in total. The second kappa shape index (κ2) is 5.95. The quantitative estimate of drug-likeness (QED) is 0.647. The average molecular weight is 285 g/mol. The summed E-state index contributed by atoms with van der Waals surface area (Å²) in [5.74, 6) is 0.165. The molecule has 0 aliphatic rings. The van der Waals surface area contributed by atoms with Gasteiger partial charge in [0.25, 0.3) is 5.89 Å².